The highest BCUT2D eigenvalue weighted by Crippen LogP contribution is 2.18. The van der Waals surface area contributed by atoms with Gasteiger partial charge < -0.3 is 14.2 Å². The van der Waals surface area contributed by atoms with Gasteiger partial charge in [-0.2, -0.15) is 0 Å². The van der Waals surface area contributed by atoms with Crippen LogP contribution in [0, 0.1) is 5.41 Å². The molecule has 0 aliphatic carbocycles. The Kier molecular flexibility index (Phi) is 7.85. The fraction of sp³-hybridized carbons (Fsp3) is 0.478. The summed E-state index contributed by atoms with van der Waals surface area (Å²) in [5, 5.41) is 0. The van der Waals surface area contributed by atoms with E-state index in [1.54, 1.807) is 16.1 Å². The Balaban J connectivity index is 2.10. The maximum atomic E-state index is 13.1. The molecule has 2 amide bonds. The summed E-state index contributed by atoms with van der Waals surface area (Å²) in [5.74, 6) is 0.688. The Morgan fingerprint density at radius 2 is 1.68 bits per heavy atom. The van der Waals surface area contributed by atoms with Crippen LogP contribution in [0.2, 0.25) is 0 Å². The molecule has 0 fully saturated rings. The molecule has 152 valence electrons. The monoisotopic (exact) mass is 384 g/mol. The van der Waals surface area contributed by atoms with Gasteiger partial charge in [0.15, 0.2) is 0 Å². The average Bonchev–Trinajstić information content (AvgIpc) is 3.17. The standard InChI is InChI=1S/C23H32N2O3/c1-5-14-25(22(27)23(2,3)4)18-21(26)24(17-20-12-9-16-28-20)15-13-19-10-7-6-8-11-19/h6-12,16H,5,13-15,17-18H2,1-4H3. The van der Waals surface area contributed by atoms with Crippen molar-refractivity contribution >= 4 is 11.8 Å². The van der Waals surface area contributed by atoms with E-state index in [0.29, 0.717) is 19.6 Å². The molecule has 5 nitrogen and oxygen atoms in total. The maximum Gasteiger partial charge on any atom is 0.242 e. The second-order valence-corrected chi connectivity index (χ2v) is 8.11. The van der Waals surface area contributed by atoms with Crippen LogP contribution in [0.15, 0.2) is 53.1 Å². The van der Waals surface area contributed by atoms with Gasteiger partial charge in [0.2, 0.25) is 11.8 Å². The Labute approximate surface area is 168 Å². The molecule has 2 aromatic rings. The molecule has 2 rings (SSSR count). The first kappa shape index (κ1) is 21.7. The first-order valence-electron chi connectivity index (χ1n) is 9.94. The molecule has 0 saturated heterocycles. The predicted molar refractivity (Wildman–Crippen MR) is 111 cm³/mol. The Morgan fingerprint density at radius 3 is 2.25 bits per heavy atom. The summed E-state index contributed by atoms with van der Waals surface area (Å²) in [6.07, 6.45) is 3.19. The van der Waals surface area contributed by atoms with Gasteiger partial charge in [-0.1, -0.05) is 58.0 Å². The lowest BCUT2D eigenvalue weighted by Crippen LogP contribution is -2.47. The average molecular weight is 385 g/mol. The fourth-order valence-corrected chi connectivity index (χ4v) is 3.05. The van der Waals surface area contributed by atoms with Crippen molar-refractivity contribution in [1.29, 1.82) is 0 Å². The van der Waals surface area contributed by atoms with E-state index in [9.17, 15) is 9.59 Å². The molecule has 5 heteroatoms. The highest BCUT2D eigenvalue weighted by molar-refractivity contribution is 5.87. The van der Waals surface area contributed by atoms with E-state index in [1.165, 1.54) is 5.56 Å². The molecule has 0 aliphatic heterocycles. The third-order valence-electron chi connectivity index (χ3n) is 4.54. The van der Waals surface area contributed by atoms with Crippen molar-refractivity contribution in [2.24, 2.45) is 5.41 Å². The van der Waals surface area contributed by atoms with Crippen LogP contribution in [-0.4, -0.2) is 41.2 Å². The molecule has 28 heavy (non-hydrogen) atoms. The molecule has 0 spiro atoms. The van der Waals surface area contributed by atoms with Crippen molar-refractivity contribution in [3.05, 3.63) is 60.1 Å². The fourth-order valence-electron chi connectivity index (χ4n) is 3.05. The van der Waals surface area contributed by atoms with Crippen LogP contribution >= 0.6 is 0 Å². The molecular formula is C23H32N2O3. The Hall–Kier alpha value is -2.56. The largest absolute Gasteiger partial charge is 0.467 e. The minimum absolute atomic E-state index is 0.00343. The first-order valence-corrected chi connectivity index (χ1v) is 9.94. The van der Waals surface area contributed by atoms with E-state index in [0.717, 1.165) is 18.6 Å². The zero-order chi connectivity index (χ0) is 20.6. The van der Waals surface area contributed by atoms with Gasteiger partial charge in [0.1, 0.15) is 5.76 Å². The summed E-state index contributed by atoms with van der Waals surface area (Å²) in [5.41, 5.74) is 0.668. The summed E-state index contributed by atoms with van der Waals surface area (Å²) in [6.45, 7) is 9.34. The van der Waals surface area contributed by atoms with Gasteiger partial charge in [-0.05, 0) is 30.5 Å². The zero-order valence-electron chi connectivity index (χ0n) is 17.5. The number of carbonyl (C=O) groups is 2. The smallest absolute Gasteiger partial charge is 0.242 e. The number of carbonyl (C=O) groups excluding carboxylic acids is 2. The van der Waals surface area contributed by atoms with E-state index in [2.05, 4.69) is 12.1 Å². The topological polar surface area (TPSA) is 53.8 Å². The van der Waals surface area contributed by atoms with E-state index in [1.807, 2.05) is 58.0 Å². The lowest BCUT2D eigenvalue weighted by atomic mass is 9.94. The van der Waals surface area contributed by atoms with Crippen molar-refractivity contribution in [2.45, 2.75) is 47.1 Å². The van der Waals surface area contributed by atoms with E-state index in [4.69, 9.17) is 4.42 Å². The third kappa shape index (κ3) is 6.55. The highest BCUT2D eigenvalue weighted by atomic mass is 16.3. The summed E-state index contributed by atoms with van der Waals surface area (Å²) in [6, 6.07) is 13.8. The number of nitrogens with zero attached hydrogens (tertiary/aromatic N) is 2. The van der Waals surface area contributed by atoms with Gasteiger partial charge in [0.25, 0.3) is 0 Å². The molecular weight excluding hydrogens is 352 g/mol. The minimum Gasteiger partial charge on any atom is -0.467 e. The second-order valence-electron chi connectivity index (χ2n) is 8.11. The molecule has 0 radical (unpaired) electrons. The van der Waals surface area contributed by atoms with Gasteiger partial charge in [-0.15, -0.1) is 0 Å². The molecule has 0 N–H and O–H groups in total. The number of benzene rings is 1. The van der Waals surface area contributed by atoms with Gasteiger partial charge in [-0.3, -0.25) is 9.59 Å². The van der Waals surface area contributed by atoms with Crippen LogP contribution in [0.25, 0.3) is 0 Å². The number of rotatable bonds is 9. The van der Waals surface area contributed by atoms with Crippen molar-refractivity contribution in [1.82, 2.24) is 9.80 Å². The van der Waals surface area contributed by atoms with E-state index < -0.39 is 5.41 Å². The van der Waals surface area contributed by atoms with Crippen molar-refractivity contribution < 1.29 is 14.0 Å². The van der Waals surface area contributed by atoms with E-state index in [-0.39, 0.29) is 18.4 Å². The SMILES string of the molecule is CCCN(CC(=O)N(CCc1ccccc1)Cc1ccco1)C(=O)C(C)(C)C. The molecule has 0 unspecified atom stereocenters. The predicted octanol–water partition coefficient (Wildman–Crippen LogP) is 4.14. The maximum absolute atomic E-state index is 13.1. The summed E-state index contributed by atoms with van der Waals surface area (Å²) < 4.78 is 5.45. The highest BCUT2D eigenvalue weighted by Gasteiger charge is 2.29. The molecule has 0 atom stereocenters. The molecule has 1 aromatic carbocycles. The van der Waals surface area contributed by atoms with Crippen LogP contribution in [0.1, 0.15) is 45.4 Å². The summed E-state index contributed by atoms with van der Waals surface area (Å²) in [7, 11) is 0. The Morgan fingerprint density at radius 1 is 0.964 bits per heavy atom. The van der Waals surface area contributed by atoms with Crippen molar-refractivity contribution in [2.75, 3.05) is 19.6 Å². The van der Waals surface area contributed by atoms with Gasteiger partial charge in [0.05, 0.1) is 19.4 Å². The molecule has 0 bridgehead atoms. The number of amides is 2. The normalized spacial score (nSPS) is 11.3. The van der Waals surface area contributed by atoms with Crippen LogP contribution < -0.4 is 0 Å². The zero-order valence-corrected chi connectivity index (χ0v) is 17.5. The molecule has 1 heterocycles. The molecule has 1 aromatic heterocycles. The lowest BCUT2D eigenvalue weighted by Gasteiger charge is -2.31. The van der Waals surface area contributed by atoms with Crippen LogP contribution in [0.5, 0.6) is 0 Å². The summed E-state index contributed by atoms with van der Waals surface area (Å²) >= 11 is 0. The van der Waals surface area contributed by atoms with Gasteiger partial charge in [-0.25, -0.2) is 0 Å². The number of hydrogen-bond donors (Lipinski definition) is 0. The first-order chi connectivity index (χ1) is 13.3. The quantitative estimate of drug-likeness (QED) is 0.653. The Bertz CT molecular complexity index is 733. The second kappa shape index (κ2) is 10.1. The van der Waals surface area contributed by atoms with Crippen LogP contribution in [0.4, 0.5) is 0 Å². The van der Waals surface area contributed by atoms with Gasteiger partial charge in [0, 0.05) is 18.5 Å². The molecule has 0 aliphatic rings. The number of hydrogen-bond acceptors (Lipinski definition) is 3. The van der Waals surface area contributed by atoms with Crippen LogP contribution in [-0.2, 0) is 22.6 Å². The van der Waals surface area contributed by atoms with Crippen LogP contribution in [0.3, 0.4) is 0 Å². The molecule has 0 saturated carbocycles. The third-order valence-corrected chi connectivity index (χ3v) is 4.54. The summed E-state index contributed by atoms with van der Waals surface area (Å²) in [4.78, 5) is 29.3. The van der Waals surface area contributed by atoms with Crippen molar-refractivity contribution in [3.8, 4) is 0 Å². The number of furan rings is 1. The van der Waals surface area contributed by atoms with Crippen molar-refractivity contribution in [3.63, 3.8) is 0 Å². The minimum atomic E-state index is -0.509. The van der Waals surface area contributed by atoms with Gasteiger partial charge >= 0.3 is 0 Å². The lowest BCUT2D eigenvalue weighted by molar-refractivity contribution is -0.145. The van der Waals surface area contributed by atoms with E-state index >= 15 is 0 Å².